The highest BCUT2D eigenvalue weighted by Crippen LogP contribution is 2.28. The lowest BCUT2D eigenvalue weighted by Gasteiger charge is -2.26. The number of nitrogen functional groups attached to an aromatic ring is 1. The molecule has 0 bridgehead atoms. The zero-order valence-corrected chi connectivity index (χ0v) is 13.7. The van der Waals surface area contributed by atoms with E-state index in [-0.39, 0.29) is 4.90 Å². The van der Waals surface area contributed by atoms with Crippen molar-refractivity contribution in [3.05, 3.63) is 23.8 Å². The highest BCUT2D eigenvalue weighted by molar-refractivity contribution is 7.89. The maximum Gasteiger partial charge on any atom is 0.240 e. The number of hydrogen-bond donors (Lipinski definition) is 2. The molecule has 4 nitrogen and oxygen atoms in total. The van der Waals surface area contributed by atoms with E-state index in [1.807, 2.05) is 6.92 Å². The van der Waals surface area contributed by atoms with E-state index in [1.165, 1.54) is 12.8 Å². The van der Waals surface area contributed by atoms with Crippen LogP contribution in [-0.4, -0.2) is 15.0 Å². The summed E-state index contributed by atoms with van der Waals surface area (Å²) in [6.07, 6.45) is 5.49. The fourth-order valence-electron chi connectivity index (χ4n) is 3.12. The first-order valence-electron chi connectivity index (χ1n) is 7.80. The van der Waals surface area contributed by atoms with Gasteiger partial charge in [-0.3, -0.25) is 0 Å². The first kappa shape index (κ1) is 16.3. The Bertz CT molecular complexity index is 584. The van der Waals surface area contributed by atoms with Gasteiger partial charge in [0.2, 0.25) is 10.0 Å². The first-order valence-corrected chi connectivity index (χ1v) is 9.28. The fourth-order valence-corrected chi connectivity index (χ4v) is 4.27. The second-order valence-corrected chi connectivity index (χ2v) is 7.97. The molecule has 1 aliphatic carbocycles. The molecule has 0 aliphatic heterocycles. The average Bonchev–Trinajstić information content (AvgIpc) is 2.45. The van der Waals surface area contributed by atoms with Crippen molar-refractivity contribution in [2.45, 2.75) is 50.8 Å². The van der Waals surface area contributed by atoms with Crippen LogP contribution in [0.4, 0.5) is 5.69 Å². The summed E-state index contributed by atoms with van der Waals surface area (Å²) in [5, 5.41) is 0. The molecule has 0 radical (unpaired) electrons. The minimum Gasteiger partial charge on any atom is -0.398 e. The predicted molar refractivity (Wildman–Crippen MR) is 86.5 cm³/mol. The van der Waals surface area contributed by atoms with Crippen molar-refractivity contribution in [2.75, 3.05) is 12.3 Å². The van der Waals surface area contributed by atoms with Gasteiger partial charge in [0.05, 0.1) is 4.90 Å². The van der Waals surface area contributed by atoms with Crippen molar-refractivity contribution < 1.29 is 8.42 Å². The normalized spacial score (nSPS) is 23.1. The number of rotatable bonds is 5. The number of nitrogens with one attached hydrogen (secondary N) is 1. The summed E-state index contributed by atoms with van der Waals surface area (Å²) in [7, 11) is -3.45. The number of nitrogens with two attached hydrogens (primary N) is 1. The van der Waals surface area contributed by atoms with Crippen LogP contribution >= 0.6 is 0 Å². The molecule has 0 saturated heterocycles. The summed E-state index contributed by atoms with van der Waals surface area (Å²) in [5.74, 6) is 1.16. The zero-order valence-electron chi connectivity index (χ0n) is 12.9. The van der Waals surface area contributed by atoms with E-state index >= 15 is 0 Å². The molecule has 2 unspecified atom stereocenters. The molecule has 1 fully saturated rings. The molecule has 1 aromatic carbocycles. The number of benzene rings is 1. The van der Waals surface area contributed by atoms with Crippen LogP contribution < -0.4 is 10.5 Å². The van der Waals surface area contributed by atoms with Crippen molar-refractivity contribution in [1.82, 2.24) is 4.72 Å². The Hall–Kier alpha value is -1.07. The van der Waals surface area contributed by atoms with Gasteiger partial charge >= 0.3 is 0 Å². The quantitative estimate of drug-likeness (QED) is 0.821. The van der Waals surface area contributed by atoms with E-state index in [2.05, 4.69) is 11.6 Å². The number of sulfonamides is 1. The Morgan fingerprint density at radius 1 is 1.33 bits per heavy atom. The summed E-state index contributed by atoms with van der Waals surface area (Å²) in [6, 6.07) is 5.00. The maximum atomic E-state index is 12.3. The molecule has 2 rings (SSSR count). The highest BCUT2D eigenvalue weighted by Gasteiger charge is 2.22. The average molecular weight is 310 g/mol. The van der Waals surface area contributed by atoms with Crippen molar-refractivity contribution in [1.29, 1.82) is 0 Å². The third-order valence-corrected chi connectivity index (χ3v) is 5.84. The Labute approximate surface area is 128 Å². The molecule has 118 valence electrons. The van der Waals surface area contributed by atoms with Gasteiger partial charge in [-0.25, -0.2) is 13.1 Å². The molecule has 0 spiro atoms. The van der Waals surface area contributed by atoms with Gasteiger partial charge in [-0.15, -0.1) is 0 Å². The van der Waals surface area contributed by atoms with Crippen molar-refractivity contribution in [3.63, 3.8) is 0 Å². The lowest BCUT2D eigenvalue weighted by atomic mass is 9.83. The van der Waals surface area contributed by atoms with Crippen LogP contribution in [0.3, 0.4) is 0 Å². The third kappa shape index (κ3) is 4.20. The Morgan fingerprint density at radius 2 is 2.10 bits per heavy atom. The zero-order chi connectivity index (χ0) is 15.5. The molecule has 1 aromatic rings. The molecule has 0 heterocycles. The van der Waals surface area contributed by atoms with Gasteiger partial charge in [-0.05, 0) is 48.8 Å². The second kappa shape index (κ2) is 6.79. The van der Waals surface area contributed by atoms with E-state index in [9.17, 15) is 8.42 Å². The summed E-state index contributed by atoms with van der Waals surface area (Å²) in [5.41, 5.74) is 7.42. The summed E-state index contributed by atoms with van der Waals surface area (Å²) in [4.78, 5) is 0.265. The van der Waals surface area contributed by atoms with Crippen molar-refractivity contribution in [2.24, 2.45) is 11.8 Å². The molecule has 1 aliphatic rings. The second-order valence-electron chi connectivity index (χ2n) is 6.20. The van der Waals surface area contributed by atoms with Crippen LogP contribution in [0.25, 0.3) is 0 Å². The maximum absolute atomic E-state index is 12.3. The lowest BCUT2D eigenvalue weighted by Crippen LogP contribution is -2.31. The standard InChI is InChI=1S/C16H26N2O2S/c1-3-14-7-8-15(10-16(14)17)21(19,20)18-11-13-6-4-5-12(2)9-13/h7-8,10,12-13,18H,3-6,9,11,17H2,1-2H3. The van der Waals surface area contributed by atoms with E-state index in [0.717, 1.165) is 24.8 Å². The molecule has 5 heteroatoms. The summed E-state index contributed by atoms with van der Waals surface area (Å²) >= 11 is 0. The van der Waals surface area contributed by atoms with Crippen LogP contribution in [0.15, 0.2) is 23.1 Å². The van der Waals surface area contributed by atoms with Gasteiger partial charge in [0.15, 0.2) is 0 Å². The smallest absolute Gasteiger partial charge is 0.240 e. The van der Waals surface area contributed by atoms with Crippen LogP contribution in [0, 0.1) is 11.8 Å². The molecular formula is C16H26N2O2S. The largest absolute Gasteiger partial charge is 0.398 e. The molecule has 21 heavy (non-hydrogen) atoms. The van der Waals surface area contributed by atoms with Gasteiger partial charge in [0.1, 0.15) is 0 Å². The SMILES string of the molecule is CCc1ccc(S(=O)(=O)NCC2CCCC(C)C2)cc1N. The Morgan fingerprint density at radius 3 is 2.71 bits per heavy atom. The molecule has 2 atom stereocenters. The van der Waals surface area contributed by atoms with Crippen molar-refractivity contribution in [3.8, 4) is 0 Å². The van der Waals surface area contributed by atoms with Gasteiger partial charge in [-0.2, -0.15) is 0 Å². The number of aryl methyl sites for hydroxylation is 1. The van der Waals surface area contributed by atoms with Crippen molar-refractivity contribution >= 4 is 15.7 Å². The van der Waals surface area contributed by atoms with E-state index in [0.29, 0.717) is 24.1 Å². The molecule has 3 N–H and O–H groups in total. The Balaban J connectivity index is 2.02. The van der Waals surface area contributed by atoms with Gasteiger partial charge in [0, 0.05) is 12.2 Å². The molecule has 0 amide bonds. The molecule has 0 aromatic heterocycles. The lowest BCUT2D eigenvalue weighted by molar-refractivity contribution is 0.283. The third-order valence-electron chi connectivity index (χ3n) is 4.42. The van der Waals surface area contributed by atoms with Gasteiger partial charge in [0.25, 0.3) is 0 Å². The van der Waals surface area contributed by atoms with Crippen LogP contribution in [0.2, 0.25) is 0 Å². The van der Waals surface area contributed by atoms with E-state index in [1.54, 1.807) is 18.2 Å². The topological polar surface area (TPSA) is 72.2 Å². The number of hydrogen-bond acceptors (Lipinski definition) is 3. The summed E-state index contributed by atoms with van der Waals surface area (Å²) < 4.78 is 27.4. The molecular weight excluding hydrogens is 284 g/mol. The minimum atomic E-state index is -3.45. The van der Waals surface area contributed by atoms with Crippen LogP contribution in [-0.2, 0) is 16.4 Å². The fraction of sp³-hybridized carbons (Fsp3) is 0.625. The van der Waals surface area contributed by atoms with Crippen LogP contribution in [0.1, 0.15) is 45.1 Å². The highest BCUT2D eigenvalue weighted by atomic mass is 32.2. The predicted octanol–water partition coefficient (Wildman–Crippen LogP) is 2.94. The molecule has 1 saturated carbocycles. The monoisotopic (exact) mass is 310 g/mol. The first-order chi connectivity index (χ1) is 9.92. The van der Waals surface area contributed by atoms with E-state index < -0.39 is 10.0 Å². The van der Waals surface area contributed by atoms with Gasteiger partial charge in [-0.1, -0.05) is 32.8 Å². The summed E-state index contributed by atoms with van der Waals surface area (Å²) in [6.45, 7) is 4.77. The number of anilines is 1. The van der Waals surface area contributed by atoms with Crippen LogP contribution in [0.5, 0.6) is 0 Å². The van der Waals surface area contributed by atoms with E-state index in [4.69, 9.17) is 5.73 Å². The minimum absolute atomic E-state index is 0.265. The Kier molecular flexibility index (Phi) is 5.27. The van der Waals surface area contributed by atoms with Gasteiger partial charge < -0.3 is 5.73 Å².